The zero-order valence-electron chi connectivity index (χ0n) is 13.0. The molecule has 0 spiro atoms. The lowest BCUT2D eigenvalue weighted by Gasteiger charge is -2.57. The third-order valence-corrected chi connectivity index (χ3v) is 6.66. The number of hydrogen-bond donors (Lipinski definition) is 2. The Morgan fingerprint density at radius 2 is 1.65 bits per heavy atom. The van der Waals surface area contributed by atoms with E-state index in [1.807, 2.05) is 18.2 Å². The maximum absolute atomic E-state index is 12.4. The maximum Gasteiger partial charge on any atom is 0.258 e. The van der Waals surface area contributed by atoms with Crippen LogP contribution in [-0.2, 0) is 0 Å². The van der Waals surface area contributed by atoms with Gasteiger partial charge < -0.3 is 5.32 Å². The summed E-state index contributed by atoms with van der Waals surface area (Å²) in [6.07, 6.45) is 7.84. The fourth-order valence-electron chi connectivity index (χ4n) is 5.35. The number of hydrogen-bond acceptors (Lipinski definition) is 2. The molecule has 0 saturated heterocycles. The second kappa shape index (κ2) is 5.85. The van der Waals surface area contributed by atoms with Gasteiger partial charge in [0, 0.05) is 10.0 Å². The van der Waals surface area contributed by atoms with E-state index in [2.05, 4.69) is 26.6 Å². The van der Waals surface area contributed by atoms with Crippen molar-refractivity contribution < 1.29 is 4.79 Å². The average molecular weight is 393 g/mol. The average Bonchev–Trinajstić information content (AvgIpc) is 2.45. The van der Waals surface area contributed by atoms with Crippen molar-refractivity contribution in [2.45, 2.75) is 44.1 Å². The predicted molar refractivity (Wildman–Crippen MR) is 98.2 cm³/mol. The standard InChI is InChI=1S/C18H21BrN2OS/c19-15-4-2-1-3-14(15)16(22)20-17(23)21-18-8-11-5-12(9-18)7-13(6-11)10-18/h1-4,11-13H,5-10H2,(H2,20,21,22,23). The molecule has 4 fully saturated rings. The van der Waals surface area contributed by atoms with Gasteiger partial charge in [-0.25, -0.2) is 0 Å². The molecule has 0 unspecified atom stereocenters. The first kappa shape index (κ1) is 15.6. The molecule has 4 aliphatic rings. The van der Waals surface area contributed by atoms with Gasteiger partial charge in [0.15, 0.2) is 5.11 Å². The summed E-state index contributed by atoms with van der Waals surface area (Å²) in [7, 11) is 0. The lowest BCUT2D eigenvalue weighted by atomic mass is 9.53. The first-order valence-corrected chi connectivity index (χ1v) is 9.61. The summed E-state index contributed by atoms with van der Waals surface area (Å²) < 4.78 is 0.787. The number of carbonyl (C=O) groups excluding carboxylic acids is 1. The van der Waals surface area contributed by atoms with Crippen LogP contribution in [0.1, 0.15) is 48.9 Å². The molecule has 122 valence electrons. The van der Waals surface area contributed by atoms with E-state index in [4.69, 9.17) is 12.2 Å². The van der Waals surface area contributed by atoms with Gasteiger partial charge in [-0.3, -0.25) is 10.1 Å². The van der Waals surface area contributed by atoms with E-state index < -0.39 is 0 Å². The lowest BCUT2D eigenvalue weighted by Crippen LogP contribution is -2.61. The summed E-state index contributed by atoms with van der Waals surface area (Å²) in [6.45, 7) is 0. The van der Waals surface area contributed by atoms with Crippen molar-refractivity contribution in [3.05, 3.63) is 34.3 Å². The van der Waals surface area contributed by atoms with Crippen LogP contribution in [0.5, 0.6) is 0 Å². The SMILES string of the molecule is O=C(NC(=S)NC12CC3CC(CC(C3)C1)C2)c1ccccc1Br. The molecule has 1 amide bonds. The first-order valence-electron chi connectivity index (χ1n) is 8.41. The van der Waals surface area contributed by atoms with E-state index in [1.54, 1.807) is 6.07 Å². The van der Waals surface area contributed by atoms with Gasteiger partial charge in [0.05, 0.1) is 5.56 Å². The number of carbonyl (C=O) groups is 1. The van der Waals surface area contributed by atoms with Gasteiger partial charge in [-0.2, -0.15) is 0 Å². The fraction of sp³-hybridized carbons (Fsp3) is 0.556. The van der Waals surface area contributed by atoms with E-state index >= 15 is 0 Å². The summed E-state index contributed by atoms with van der Waals surface area (Å²) in [5.41, 5.74) is 0.745. The number of benzene rings is 1. The van der Waals surface area contributed by atoms with E-state index in [9.17, 15) is 4.79 Å². The second-order valence-corrected chi connectivity index (χ2v) is 8.85. The molecule has 5 heteroatoms. The zero-order valence-corrected chi connectivity index (χ0v) is 15.4. The van der Waals surface area contributed by atoms with Crippen LogP contribution in [-0.4, -0.2) is 16.6 Å². The van der Waals surface area contributed by atoms with E-state index in [1.165, 1.54) is 38.5 Å². The minimum Gasteiger partial charge on any atom is -0.357 e. The van der Waals surface area contributed by atoms with Gasteiger partial charge in [0.25, 0.3) is 5.91 Å². The highest BCUT2D eigenvalue weighted by Crippen LogP contribution is 2.55. The number of nitrogens with one attached hydrogen (secondary N) is 2. The van der Waals surface area contributed by atoms with Crippen LogP contribution in [0.3, 0.4) is 0 Å². The first-order chi connectivity index (χ1) is 11.0. The van der Waals surface area contributed by atoms with Crippen LogP contribution < -0.4 is 10.6 Å². The predicted octanol–water partition coefficient (Wildman–Crippen LogP) is 4.02. The van der Waals surface area contributed by atoms with Crippen molar-refractivity contribution in [1.29, 1.82) is 0 Å². The van der Waals surface area contributed by atoms with Gasteiger partial charge >= 0.3 is 0 Å². The molecule has 1 aromatic rings. The van der Waals surface area contributed by atoms with Crippen molar-refractivity contribution in [1.82, 2.24) is 10.6 Å². The molecule has 0 radical (unpaired) electrons. The number of thiocarbonyl (C=S) groups is 1. The van der Waals surface area contributed by atoms with Crippen LogP contribution in [0.2, 0.25) is 0 Å². The summed E-state index contributed by atoms with van der Waals surface area (Å²) in [5.74, 6) is 2.42. The molecule has 3 nitrogen and oxygen atoms in total. The Labute approximate surface area is 150 Å². The highest BCUT2D eigenvalue weighted by molar-refractivity contribution is 9.10. The third-order valence-electron chi connectivity index (χ3n) is 5.76. The van der Waals surface area contributed by atoms with Gasteiger partial charge in [0.1, 0.15) is 0 Å². The molecule has 0 atom stereocenters. The molecule has 1 aromatic carbocycles. The smallest absolute Gasteiger partial charge is 0.258 e. The second-order valence-electron chi connectivity index (χ2n) is 7.59. The van der Waals surface area contributed by atoms with Crippen LogP contribution in [0.4, 0.5) is 0 Å². The van der Waals surface area contributed by atoms with Crippen molar-refractivity contribution in [2.24, 2.45) is 17.8 Å². The summed E-state index contributed by atoms with van der Waals surface area (Å²) in [5, 5.41) is 6.87. The molecular formula is C18H21BrN2OS. The summed E-state index contributed by atoms with van der Waals surface area (Å²) in [4.78, 5) is 12.4. The highest BCUT2D eigenvalue weighted by Gasteiger charge is 2.51. The van der Waals surface area contributed by atoms with Crippen LogP contribution in [0, 0.1) is 17.8 Å². The number of rotatable bonds is 2. The van der Waals surface area contributed by atoms with Crippen LogP contribution >= 0.6 is 28.1 Å². The molecule has 0 heterocycles. The van der Waals surface area contributed by atoms with Gasteiger partial charge in [-0.05, 0) is 96.6 Å². The Balaban J connectivity index is 1.43. The van der Waals surface area contributed by atoms with Crippen molar-refractivity contribution in [3.63, 3.8) is 0 Å². The molecule has 4 saturated carbocycles. The van der Waals surface area contributed by atoms with Gasteiger partial charge in [-0.1, -0.05) is 12.1 Å². The van der Waals surface area contributed by atoms with Crippen molar-refractivity contribution in [2.75, 3.05) is 0 Å². The summed E-state index contributed by atoms with van der Waals surface area (Å²) in [6, 6.07) is 7.42. The monoisotopic (exact) mass is 392 g/mol. The Hall–Kier alpha value is -0.940. The lowest BCUT2D eigenvalue weighted by molar-refractivity contribution is -0.0101. The Kier molecular flexibility index (Phi) is 3.96. The fourth-order valence-corrected chi connectivity index (χ4v) is 6.13. The van der Waals surface area contributed by atoms with E-state index in [-0.39, 0.29) is 11.4 Å². The molecule has 23 heavy (non-hydrogen) atoms. The normalized spacial score (nSPS) is 34.2. The van der Waals surface area contributed by atoms with Crippen LogP contribution in [0.25, 0.3) is 0 Å². The molecular weight excluding hydrogens is 372 g/mol. The Morgan fingerprint density at radius 3 is 2.22 bits per heavy atom. The number of halogens is 1. The van der Waals surface area contributed by atoms with Crippen LogP contribution in [0.15, 0.2) is 28.7 Å². The molecule has 4 aliphatic carbocycles. The van der Waals surface area contributed by atoms with Gasteiger partial charge in [-0.15, -0.1) is 0 Å². The summed E-state index contributed by atoms with van der Waals surface area (Å²) >= 11 is 8.87. The Morgan fingerprint density at radius 1 is 1.09 bits per heavy atom. The van der Waals surface area contributed by atoms with E-state index in [0.717, 1.165) is 22.2 Å². The third kappa shape index (κ3) is 3.05. The zero-order chi connectivity index (χ0) is 16.0. The maximum atomic E-state index is 12.4. The molecule has 4 bridgehead atoms. The molecule has 5 rings (SSSR count). The molecule has 0 aliphatic heterocycles. The Bertz CT molecular complexity index is 625. The quantitative estimate of drug-likeness (QED) is 0.746. The highest BCUT2D eigenvalue weighted by atomic mass is 79.9. The van der Waals surface area contributed by atoms with Crippen molar-refractivity contribution in [3.8, 4) is 0 Å². The van der Waals surface area contributed by atoms with Crippen molar-refractivity contribution >= 4 is 39.2 Å². The minimum atomic E-state index is -0.153. The molecule has 0 aromatic heterocycles. The number of amides is 1. The minimum absolute atomic E-state index is 0.132. The largest absolute Gasteiger partial charge is 0.357 e. The topological polar surface area (TPSA) is 41.1 Å². The van der Waals surface area contributed by atoms with E-state index in [0.29, 0.717) is 10.7 Å². The molecule has 2 N–H and O–H groups in total. The van der Waals surface area contributed by atoms with Gasteiger partial charge in [0.2, 0.25) is 0 Å².